The van der Waals surface area contributed by atoms with Crippen LogP contribution in [0.1, 0.15) is 46.0 Å². The maximum Gasteiger partial charge on any atom is 0.0703 e. The first-order valence-electron chi connectivity index (χ1n) is 7.20. The molecule has 1 aliphatic heterocycles. The van der Waals surface area contributed by atoms with Crippen molar-refractivity contribution in [3.63, 3.8) is 0 Å². The largest absolute Gasteiger partial charge is 0.377 e. The van der Waals surface area contributed by atoms with Crippen LogP contribution in [0.25, 0.3) is 0 Å². The molecule has 17 heavy (non-hydrogen) atoms. The minimum atomic E-state index is 0.237. The lowest BCUT2D eigenvalue weighted by atomic mass is 9.82. The molecule has 3 heteroatoms. The third-order valence-electron chi connectivity index (χ3n) is 5.30. The summed E-state index contributed by atoms with van der Waals surface area (Å²) in [5.41, 5.74) is 6.40. The second-order valence-corrected chi connectivity index (χ2v) is 5.85. The van der Waals surface area contributed by atoms with Gasteiger partial charge in [-0.2, -0.15) is 0 Å². The highest BCUT2D eigenvalue weighted by molar-refractivity contribution is 5.03. The molecule has 2 fully saturated rings. The van der Waals surface area contributed by atoms with Crippen molar-refractivity contribution in [1.82, 2.24) is 4.90 Å². The average Bonchev–Trinajstić information content (AvgIpc) is 2.94. The van der Waals surface area contributed by atoms with Crippen LogP contribution in [0, 0.1) is 5.92 Å². The molecule has 1 saturated carbocycles. The van der Waals surface area contributed by atoms with Crippen LogP contribution < -0.4 is 5.73 Å². The number of nitrogens with two attached hydrogens (primary N) is 1. The highest BCUT2D eigenvalue weighted by atomic mass is 16.5. The van der Waals surface area contributed by atoms with Crippen molar-refractivity contribution in [3.8, 4) is 0 Å². The van der Waals surface area contributed by atoms with Gasteiger partial charge in [-0.25, -0.2) is 0 Å². The molecular weight excluding hydrogens is 212 g/mol. The Kier molecular flexibility index (Phi) is 4.11. The molecule has 4 unspecified atom stereocenters. The molecule has 2 rings (SSSR count). The molecule has 0 aromatic carbocycles. The van der Waals surface area contributed by atoms with Gasteiger partial charge in [0, 0.05) is 24.7 Å². The van der Waals surface area contributed by atoms with E-state index in [2.05, 4.69) is 25.8 Å². The van der Waals surface area contributed by atoms with Gasteiger partial charge in [0.1, 0.15) is 0 Å². The number of hydrogen-bond donors (Lipinski definition) is 1. The van der Waals surface area contributed by atoms with Crippen molar-refractivity contribution in [3.05, 3.63) is 0 Å². The van der Waals surface area contributed by atoms with Gasteiger partial charge in [0.05, 0.1) is 6.10 Å². The maximum absolute atomic E-state index is 6.17. The molecule has 100 valence electrons. The number of ether oxygens (including phenoxy) is 1. The Bertz CT molecular complexity index is 259. The van der Waals surface area contributed by atoms with Crippen molar-refractivity contribution in [1.29, 1.82) is 0 Å². The zero-order chi connectivity index (χ0) is 12.5. The van der Waals surface area contributed by atoms with Crippen LogP contribution >= 0.6 is 0 Å². The predicted molar refractivity (Wildman–Crippen MR) is 71.0 cm³/mol. The third kappa shape index (κ3) is 2.13. The minimum Gasteiger partial charge on any atom is -0.377 e. The molecule has 2 aliphatic rings. The standard InChI is InChI=1S/C14H28N2O/c1-4-12-6-5-8-14(12,10-15)16(3)13-7-9-17-11(13)2/h11-13H,4-10,15H2,1-3H3. The van der Waals surface area contributed by atoms with E-state index in [1.165, 1.54) is 25.7 Å². The average molecular weight is 240 g/mol. The Morgan fingerprint density at radius 3 is 2.71 bits per heavy atom. The van der Waals surface area contributed by atoms with E-state index in [9.17, 15) is 0 Å². The fraction of sp³-hybridized carbons (Fsp3) is 1.00. The van der Waals surface area contributed by atoms with Crippen LogP contribution in [0.3, 0.4) is 0 Å². The van der Waals surface area contributed by atoms with Crippen LogP contribution in [0.2, 0.25) is 0 Å². The third-order valence-corrected chi connectivity index (χ3v) is 5.30. The number of nitrogens with zero attached hydrogens (tertiary/aromatic N) is 1. The van der Waals surface area contributed by atoms with E-state index >= 15 is 0 Å². The Balaban J connectivity index is 2.16. The second-order valence-electron chi connectivity index (χ2n) is 5.85. The fourth-order valence-corrected chi connectivity index (χ4v) is 4.15. The monoisotopic (exact) mass is 240 g/mol. The van der Waals surface area contributed by atoms with Gasteiger partial charge in [-0.1, -0.05) is 19.8 Å². The molecule has 0 aromatic rings. The summed E-state index contributed by atoms with van der Waals surface area (Å²) in [6.07, 6.45) is 6.73. The van der Waals surface area contributed by atoms with Gasteiger partial charge in [-0.3, -0.25) is 4.90 Å². The van der Waals surface area contributed by atoms with E-state index < -0.39 is 0 Å². The van der Waals surface area contributed by atoms with Gasteiger partial charge in [0.2, 0.25) is 0 Å². The van der Waals surface area contributed by atoms with Gasteiger partial charge < -0.3 is 10.5 Å². The Morgan fingerprint density at radius 2 is 2.18 bits per heavy atom. The number of hydrogen-bond acceptors (Lipinski definition) is 3. The van der Waals surface area contributed by atoms with Crippen molar-refractivity contribution in [2.75, 3.05) is 20.2 Å². The van der Waals surface area contributed by atoms with E-state index in [1.807, 2.05) is 0 Å². The summed E-state index contributed by atoms with van der Waals surface area (Å²) in [4.78, 5) is 2.58. The Hall–Kier alpha value is -0.120. The first-order chi connectivity index (χ1) is 8.15. The van der Waals surface area contributed by atoms with Gasteiger partial charge in [-0.15, -0.1) is 0 Å². The number of rotatable bonds is 4. The molecule has 0 amide bonds. The smallest absolute Gasteiger partial charge is 0.0703 e. The predicted octanol–water partition coefficient (Wildman–Crippen LogP) is 2.00. The van der Waals surface area contributed by atoms with E-state index in [4.69, 9.17) is 10.5 Å². The summed E-state index contributed by atoms with van der Waals surface area (Å²) in [5, 5.41) is 0. The zero-order valence-corrected chi connectivity index (χ0v) is 11.6. The molecule has 2 N–H and O–H groups in total. The molecule has 1 heterocycles. The summed E-state index contributed by atoms with van der Waals surface area (Å²) in [7, 11) is 2.27. The summed E-state index contributed by atoms with van der Waals surface area (Å²) in [6, 6.07) is 0.561. The van der Waals surface area contributed by atoms with Gasteiger partial charge in [-0.05, 0) is 39.2 Å². The highest BCUT2D eigenvalue weighted by Gasteiger charge is 2.47. The molecule has 1 saturated heterocycles. The Morgan fingerprint density at radius 1 is 1.41 bits per heavy atom. The molecule has 3 nitrogen and oxygen atoms in total. The van der Waals surface area contributed by atoms with Crippen LogP contribution in [0.15, 0.2) is 0 Å². The van der Waals surface area contributed by atoms with Gasteiger partial charge in [0.25, 0.3) is 0 Å². The number of likely N-dealkylation sites (N-methyl/N-ethyl adjacent to an activating group) is 1. The summed E-state index contributed by atoms with van der Waals surface area (Å²) >= 11 is 0. The molecule has 4 atom stereocenters. The normalized spacial score (nSPS) is 42.5. The zero-order valence-electron chi connectivity index (χ0n) is 11.6. The first kappa shape index (κ1) is 13.3. The molecule has 0 spiro atoms. The maximum atomic E-state index is 6.17. The molecule has 1 aliphatic carbocycles. The first-order valence-corrected chi connectivity index (χ1v) is 7.20. The summed E-state index contributed by atoms with van der Waals surface area (Å²) in [5.74, 6) is 0.769. The molecule has 0 bridgehead atoms. The summed E-state index contributed by atoms with van der Waals surface area (Å²) in [6.45, 7) is 6.22. The summed E-state index contributed by atoms with van der Waals surface area (Å²) < 4.78 is 5.72. The SMILES string of the molecule is CCC1CCCC1(CN)N(C)C1CCOC1C. The molecule has 0 radical (unpaired) electrons. The van der Waals surface area contributed by atoms with E-state index in [0.717, 1.165) is 25.5 Å². The van der Waals surface area contributed by atoms with Crippen LogP contribution in [0.4, 0.5) is 0 Å². The van der Waals surface area contributed by atoms with Crippen LogP contribution in [0.5, 0.6) is 0 Å². The highest BCUT2D eigenvalue weighted by Crippen LogP contribution is 2.43. The molecule has 0 aromatic heterocycles. The van der Waals surface area contributed by atoms with E-state index in [0.29, 0.717) is 12.1 Å². The quantitative estimate of drug-likeness (QED) is 0.817. The second kappa shape index (κ2) is 5.25. The lowest BCUT2D eigenvalue weighted by Gasteiger charge is -2.46. The van der Waals surface area contributed by atoms with E-state index in [1.54, 1.807) is 0 Å². The van der Waals surface area contributed by atoms with Crippen molar-refractivity contribution in [2.24, 2.45) is 11.7 Å². The lowest BCUT2D eigenvalue weighted by molar-refractivity contribution is 0.00751. The molecular formula is C14H28N2O. The fourth-order valence-electron chi connectivity index (χ4n) is 4.15. The van der Waals surface area contributed by atoms with Crippen molar-refractivity contribution in [2.45, 2.75) is 63.6 Å². The van der Waals surface area contributed by atoms with Crippen LogP contribution in [-0.2, 0) is 4.74 Å². The van der Waals surface area contributed by atoms with Gasteiger partial charge in [0.15, 0.2) is 0 Å². The topological polar surface area (TPSA) is 38.5 Å². The van der Waals surface area contributed by atoms with Crippen molar-refractivity contribution < 1.29 is 4.74 Å². The minimum absolute atomic E-state index is 0.237. The van der Waals surface area contributed by atoms with Crippen LogP contribution in [-0.4, -0.2) is 42.8 Å². The lowest BCUT2D eigenvalue weighted by Crippen LogP contribution is -2.59. The van der Waals surface area contributed by atoms with Gasteiger partial charge >= 0.3 is 0 Å². The Labute approximate surface area is 106 Å². The van der Waals surface area contributed by atoms with E-state index in [-0.39, 0.29) is 5.54 Å². The van der Waals surface area contributed by atoms with Crippen molar-refractivity contribution >= 4 is 0 Å².